The standard InChI is InChI=1S/C16H15N3/c1-11-6-5-7-13(10-11)19-16-14-8-3-4-9-15(14)17-12(2)18-16/h3-10H,1-2H3,(H,17,18,19). The third kappa shape index (κ3) is 2.40. The Balaban J connectivity index is 2.09. The molecule has 3 heteroatoms. The lowest BCUT2D eigenvalue weighted by atomic mass is 10.2. The highest BCUT2D eigenvalue weighted by Crippen LogP contribution is 2.23. The smallest absolute Gasteiger partial charge is 0.142 e. The minimum Gasteiger partial charge on any atom is -0.340 e. The number of aryl methyl sites for hydroxylation is 2. The van der Waals surface area contributed by atoms with Crippen LogP contribution in [-0.2, 0) is 0 Å². The zero-order valence-corrected chi connectivity index (χ0v) is 11.0. The van der Waals surface area contributed by atoms with Crippen molar-refractivity contribution < 1.29 is 0 Å². The molecule has 0 amide bonds. The average molecular weight is 249 g/mol. The van der Waals surface area contributed by atoms with Gasteiger partial charge in [0.25, 0.3) is 0 Å². The van der Waals surface area contributed by atoms with Gasteiger partial charge in [0.1, 0.15) is 11.6 Å². The second kappa shape index (κ2) is 4.69. The molecular formula is C16H15N3. The maximum Gasteiger partial charge on any atom is 0.142 e. The lowest BCUT2D eigenvalue weighted by Gasteiger charge is -2.10. The summed E-state index contributed by atoms with van der Waals surface area (Å²) in [6, 6.07) is 16.3. The van der Waals surface area contributed by atoms with Crippen LogP contribution in [0.1, 0.15) is 11.4 Å². The molecule has 1 N–H and O–H groups in total. The van der Waals surface area contributed by atoms with Gasteiger partial charge >= 0.3 is 0 Å². The second-order valence-corrected chi connectivity index (χ2v) is 4.63. The van der Waals surface area contributed by atoms with Crippen molar-refractivity contribution >= 4 is 22.4 Å². The van der Waals surface area contributed by atoms with E-state index in [0.717, 1.165) is 28.2 Å². The Hall–Kier alpha value is -2.42. The van der Waals surface area contributed by atoms with E-state index < -0.39 is 0 Å². The molecule has 0 unspecified atom stereocenters. The highest BCUT2D eigenvalue weighted by Gasteiger charge is 2.05. The lowest BCUT2D eigenvalue weighted by Crippen LogP contribution is -1.99. The summed E-state index contributed by atoms with van der Waals surface area (Å²) in [7, 11) is 0. The Morgan fingerprint density at radius 3 is 2.58 bits per heavy atom. The second-order valence-electron chi connectivity index (χ2n) is 4.63. The van der Waals surface area contributed by atoms with Gasteiger partial charge in [-0.3, -0.25) is 0 Å². The minimum atomic E-state index is 0.772. The number of aromatic nitrogens is 2. The molecule has 1 heterocycles. The normalized spacial score (nSPS) is 10.6. The van der Waals surface area contributed by atoms with E-state index in [1.807, 2.05) is 43.3 Å². The summed E-state index contributed by atoms with van der Waals surface area (Å²) in [5.74, 6) is 1.63. The topological polar surface area (TPSA) is 37.8 Å². The summed E-state index contributed by atoms with van der Waals surface area (Å²) < 4.78 is 0. The van der Waals surface area contributed by atoms with Gasteiger partial charge < -0.3 is 5.32 Å². The van der Waals surface area contributed by atoms with Gasteiger partial charge in [-0.05, 0) is 43.7 Å². The molecule has 0 saturated heterocycles. The van der Waals surface area contributed by atoms with Gasteiger partial charge in [0, 0.05) is 11.1 Å². The van der Waals surface area contributed by atoms with Crippen molar-refractivity contribution in [2.75, 3.05) is 5.32 Å². The van der Waals surface area contributed by atoms with Crippen molar-refractivity contribution in [2.24, 2.45) is 0 Å². The van der Waals surface area contributed by atoms with Crippen LogP contribution in [0.15, 0.2) is 48.5 Å². The Kier molecular flexibility index (Phi) is 2.88. The van der Waals surface area contributed by atoms with Gasteiger partial charge in [0.05, 0.1) is 5.52 Å². The molecule has 0 aliphatic rings. The SMILES string of the molecule is Cc1cccc(Nc2nc(C)nc3ccccc23)c1. The summed E-state index contributed by atoms with van der Waals surface area (Å²) >= 11 is 0. The van der Waals surface area contributed by atoms with Crippen LogP contribution >= 0.6 is 0 Å². The summed E-state index contributed by atoms with van der Waals surface area (Å²) in [5, 5.41) is 4.41. The minimum absolute atomic E-state index is 0.772. The fraction of sp³-hybridized carbons (Fsp3) is 0.125. The number of nitrogens with one attached hydrogen (secondary N) is 1. The van der Waals surface area contributed by atoms with Crippen LogP contribution < -0.4 is 5.32 Å². The van der Waals surface area contributed by atoms with Crippen molar-refractivity contribution in [3.63, 3.8) is 0 Å². The quantitative estimate of drug-likeness (QED) is 0.746. The predicted octanol–water partition coefficient (Wildman–Crippen LogP) is 3.99. The Morgan fingerprint density at radius 2 is 1.74 bits per heavy atom. The number of fused-ring (bicyclic) bond motifs is 1. The Bertz CT molecular complexity index is 735. The van der Waals surface area contributed by atoms with Crippen molar-refractivity contribution in [2.45, 2.75) is 13.8 Å². The molecule has 0 fully saturated rings. The van der Waals surface area contributed by atoms with Crippen LogP contribution in [0.25, 0.3) is 10.9 Å². The van der Waals surface area contributed by atoms with E-state index in [1.165, 1.54) is 5.56 Å². The predicted molar refractivity (Wildman–Crippen MR) is 78.7 cm³/mol. The molecule has 0 saturated carbocycles. The van der Waals surface area contributed by atoms with E-state index in [1.54, 1.807) is 0 Å². The first kappa shape index (κ1) is 11.7. The first-order valence-electron chi connectivity index (χ1n) is 6.29. The summed E-state index contributed by atoms with van der Waals surface area (Å²) in [6.45, 7) is 3.99. The summed E-state index contributed by atoms with van der Waals surface area (Å²) in [6.07, 6.45) is 0. The van der Waals surface area contributed by atoms with Crippen molar-refractivity contribution in [3.05, 3.63) is 59.9 Å². The van der Waals surface area contributed by atoms with Gasteiger partial charge in [-0.2, -0.15) is 0 Å². The van der Waals surface area contributed by atoms with E-state index in [2.05, 4.69) is 34.3 Å². The molecule has 3 rings (SSSR count). The van der Waals surface area contributed by atoms with Crippen LogP contribution in [0.4, 0.5) is 11.5 Å². The Morgan fingerprint density at radius 1 is 0.895 bits per heavy atom. The largest absolute Gasteiger partial charge is 0.340 e. The fourth-order valence-corrected chi connectivity index (χ4v) is 2.15. The number of para-hydroxylation sites is 1. The summed E-state index contributed by atoms with van der Waals surface area (Å²) in [5.41, 5.74) is 3.23. The number of hydrogen-bond acceptors (Lipinski definition) is 3. The van der Waals surface area contributed by atoms with Gasteiger partial charge in [0.15, 0.2) is 0 Å². The molecule has 2 aromatic carbocycles. The molecule has 19 heavy (non-hydrogen) atoms. The maximum atomic E-state index is 4.50. The first-order chi connectivity index (χ1) is 9.22. The molecule has 0 atom stereocenters. The molecule has 1 aromatic heterocycles. The third-order valence-corrected chi connectivity index (χ3v) is 3.00. The molecule has 0 spiro atoms. The van der Waals surface area contributed by atoms with Crippen LogP contribution in [-0.4, -0.2) is 9.97 Å². The molecule has 3 nitrogen and oxygen atoms in total. The summed E-state index contributed by atoms with van der Waals surface area (Å²) in [4.78, 5) is 8.95. The van der Waals surface area contributed by atoms with E-state index in [4.69, 9.17) is 0 Å². The molecule has 3 aromatic rings. The number of hydrogen-bond donors (Lipinski definition) is 1. The fourth-order valence-electron chi connectivity index (χ4n) is 2.15. The molecule has 0 bridgehead atoms. The number of anilines is 2. The highest BCUT2D eigenvalue weighted by molar-refractivity contribution is 5.90. The van der Waals surface area contributed by atoms with E-state index in [0.29, 0.717) is 0 Å². The van der Waals surface area contributed by atoms with Crippen LogP contribution in [0.3, 0.4) is 0 Å². The van der Waals surface area contributed by atoms with Crippen molar-refractivity contribution in [1.29, 1.82) is 0 Å². The number of benzene rings is 2. The van der Waals surface area contributed by atoms with Gasteiger partial charge in [-0.1, -0.05) is 24.3 Å². The number of rotatable bonds is 2. The molecular weight excluding hydrogens is 234 g/mol. The van der Waals surface area contributed by atoms with E-state index in [9.17, 15) is 0 Å². The average Bonchev–Trinajstić information content (AvgIpc) is 2.38. The van der Waals surface area contributed by atoms with E-state index in [-0.39, 0.29) is 0 Å². The molecule has 0 radical (unpaired) electrons. The monoisotopic (exact) mass is 249 g/mol. The van der Waals surface area contributed by atoms with Crippen molar-refractivity contribution in [3.8, 4) is 0 Å². The zero-order chi connectivity index (χ0) is 13.2. The molecule has 0 aliphatic carbocycles. The maximum absolute atomic E-state index is 4.50. The molecule has 94 valence electrons. The third-order valence-electron chi connectivity index (χ3n) is 3.00. The lowest BCUT2D eigenvalue weighted by molar-refractivity contribution is 1.09. The highest BCUT2D eigenvalue weighted by atomic mass is 15.0. The van der Waals surface area contributed by atoms with Crippen molar-refractivity contribution in [1.82, 2.24) is 9.97 Å². The zero-order valence-electron chi connectivity index (χ0n) is 11.0. The first-order valence-corrected chi connectivity index (χ1v) is 6.29. The van der Waals surface area contributed by atoms with Crippen LogP contribution in [0.5, 0.6) is 0 Å². The van der Waals surface area contributed by atoms with Gasteiger partial charge in [0.2, 0.25) is 0 Å². The van der Waals surface area contributed by atoms with Crippen LogP contribution in [0.2, 0.25) is 0 Å². The molecule has 0 aliphatic heterocycles. The Labute approximate surface area is 112 Å². The van der Waals surface area contributed by atoms with Gasteiger partial charge in [-0.25, -0.2) is 9.97 Å². The number of nitrogens with zero attached hydrogens (tertiary/aromatic N) is 2. The van der Waals surface area contributed by atoms with Gasteiger partial charge in [-0.15, -0.1) is 0 Å². The van der Waals surface area contributed by atoms with E-state index >= 15 is 0 Å². The van der Waals surface area contributed by atoms with Crippen LogP contribution in [0, 0.1) is 13.8 Å².